The van der Waals surface area contributed by atoms with Crippen molar-refractivity contribution in [2.24, 2.45) is 23.1 Å². The number of nitrogens with two attached hydrogens (primary N) is 3. The first kappa shape index (κ1) is 27.8. The standard InChI is InChI=1S/C18H32N6O7/c1-4-8(2)14(21)17(29)22-9(3)15(27)24-11(7-13(20)26)16(28)23-10(18(30)31)5-6-12(19)25/h8-11,14H,4-7,21H2,1-3H3,(H2,19,25)(H2,20,26)(H,22,29)(H,23,28)(H,24,27)(H,30,31). The van der Waals surface area contributed by atoms with Gasteiger partial charge in [-0.15, -0.1) is 0 Å². The van der Waals surface area contributed by atoms with Crippen molar-refractivity contribution in [2.45, 2.75) is 70.6 Å². The Morgan fingerprint density at radius 1 is 0.839 bits per heavy atom. The van der Waals surface area contributed by atoms with Crippen LogP contribution in [0.3, 0.4) is 0 Å². The summed E-state index contributed by atoms with van der Waals surface area (Å²) in [6.07, 6.45) is -0.555. The molecule has 0 saturated heterocycles. The van der Waals surface area contributed by atoms with Crippen LogP contribution in [0.4, 0.5) is 0 Å². The minimum atomic E-state index is -1.50. The van der Waals surface area contributed by atoms with E-state index in [9.17, 15) is 33.9 Å². The van der Waals surface area contributed by atoms with Gasteiger partial charge < -0.3 is 38.3 Å². The van der Waals surface area contributed by atoms with Crippen LogP contribution in [0.15, 0.2) is 0 Å². The SMILES string of the molecule is CCC(C)C(N)C(=O)NC(C)C(=O)NC(CC(N)=O)C(=O)NC(CCC(N)=O)C(=O)O. The average molecular weight is 444 g/mol. The average Bonchev–Trinajstić information content (AvgIpc) is 2.67. The number of hydrogen-bond donors (Lipinski definition) is 7. The molecule has 0 saturated carbocycles. The maximum absolute atomic E-state index is 12.4. The molecule has 0 fully saturated rings. The summed E-state index contributed by atoms with van der Waals surface area (Å²) >= 11 is 0. The van der Waals surface area contributed by atoms with Crippen molar-refractivity contribution in [3.8, 4) is 0 Å². The van der Waals surface area contributed by atoms with Gasteiger partial charge in [0.1, 0.15) is 18.1 Å². The first-order chi connectivity index (χ1) is 14.3. The summed E-state index contributed by atoms with van der Waals surface area (Å²) in [5.74, 6) is -5.63. The Morgan fingerprint density at radius 2 is 1.39 bits per heavy atom. The molecule has 0 aliphatic carbocycles. The van der Waals surface area contributed by atoms with Gasteiger partial charge in [0.05, 0.1) is 12.5 Å². The first-order valence-corrected chi connectivity index (χ1v) is 9.76. The van der Waals surface area contributed by atoms with Gasteiger partial charge in [-0.05, 0) is 19.3 Å². The first-order valence-electron chi connectivity index (χ1n) is 9.76. The molecule has 0 heterocycles. The maximum atomic E-state index is 12.4. The van der Waals surface area contributed by atoms with Gasteiger partial charge in [-0.25, -0.2) is 4.79 Å². The summed E-state index contributed by atoms with van der Waals surface area (Å²) in [6, 6.07) is -4.91. The summed E-state index contributed by atoms with van der Waals surface area (Å²) < 4.78 is 0. The molecule has 176 valence electrons. The zero-order valence-electron chi connectivity index (χ0n) is 17.8. The van der Waals surface area contributed by atoms with Crippen LogP contribution >= 0.6 is 0 Å². The van der Waals surface area contributed by atoms with Crippen molar-refractivity contribution in [1.29, 1.82) is 0 Å². The van der Waals surface area contributed by atoms with Gasteiger partial charge in [0.15, 0.2) is 0 Å². The van der Waals surface area contributed by atoms with Crippen molar-refractivity contribution < 1.29 is 33.9 Å². The Bertz CT molecular complexity index is 699. The predicted molar refractivity (Wildman–Crippen MR) is 109 cm³/mol. The molecule has 0 bridgehead atoms. The Morgan fingerprint density at radius 3 is 1.84 bits per heavy atom. The highest BCUT2D eigenvalue weighted by atomic mass is 16.4. The van der Waals surface area contributed by atoms with Crippen molar-refractivity contribution in [1.82, 2.24) is 16.0 Å². The maximum Gasteiger partial charge on any atom is 0.326 e. The highest BCUT2D eigenvalue weighted by Crippen LogP contribution is 2.06. The van der Waals surface area contributed by atoms with Crippen LogP contribution in [0.1, 0.15) is 46.5 Å². The van der Waals surface area contributed by atoms with E-state index < -0.39 is 66.1 Å². The van der Waals surface area contributed by atoms with Gasteiger partial charge in [-0.3, -0.25) is 24.0 Å². The zero-order chi connectivity index (χ0) is 24.3. The number of carboxylic acids is 1. The molecule has 31 heavy (non-hydrogen) atoms. The number of primary amides is 2. The number of rotatable bonds is 14. The van der Waals surface area contributed by atoms with Crippen LogP contribution in [-0.2, 0) is 28.8 Å². The summed E-state index contributed by atoms with van der Waals surface area (Å²) in [4.78, 5) is 70.4. The lowest BCUT2D eigenvalue weighted by molar-refractivity contribution is -0.142. The molecule has 13 nitrogen and oxygen atoms in total. The molecule has 0 aromatic heterocycles. The Labute approximate surface area is 179 Å². The second kappa shape index (κ2) is 13.2. The summed E-state index contributed by atoms with van der Waals surface area (Å²) in [7, 11) is 0. The molecular weight excluding hydrogens is 412 g/mol. The van der Waals surface area contributed by atoms with E-state index in [1.807, 2.05) is 6.92 Å². The number of carbonyl (C=O) groups excluding carboxylic acids is 5. The van der Waals surface area contributed by atoms with Crippen LogP contribution in [0.25, 0.3) is 0 Å². The van der Waals surface area contributed by atoms with E-state index in [1.165, 1.54) is 6.92 Å². The fraction of sp³-hybridized carbons (Fsp3) is 0.667. The number of aliphatic carboxylic acids is 1. The van der Waals surface area contributed by atoms with E-state index in [4.69, 9.17) is 17.2 Å². The lowest BCUT2D eigenvalue weighted by atomic mass is 9.99. The van der Waals surface area contributed by atoms with Gasteiger partial charge in [-0.1, -0.05) is 20.3 Å². The molecule has 5 amide bonds. The van der Waals surface area contributed by atoms with Crippen molar-refractivity contribution in [3.63, 3.8) is 0 Å². The van der Waals surface area contributed by atoms with Crippen LogP contribution in [0.5, 0.6) is 0 Å². The summed E-state index contributed by atoms with van der Waals surface area (Å²) in [5, 5.41) is 16.0. The van der Waals surface area contributed by atoms with Gasteiger partial charge >= 0.3 is 5.97 Å². The van der Waals surface area contributed by atoms with Crippen LogP contribution < -0.4 is 33.2 Å². The molecule has 0 aliphatic rings. The number of hydrogen-bond acceptors (Lipinski definition) is 7. The van der Waals surface area contributed by atoms with Crippen molar-refractivity contribution in [3.05, 3.63) is 0 Å². The third kappa shape index (κ3) is 10.4. The minimum Gasteiger partial charge on any atom is -0.480 e. The molecule has 0 radical (unpaired) electrons. The van der Waals surface area contributed by atoms with E-state index >= 15 is 0 Å². The Balaban J connectivity index is 5.17. The topological polar surface area (TPSA) is 237 Å². The Kier molecular flexibility index (Phi) is 11.8. The molecule has 0 aliphatic heterocycles. The number of carboxylic acid groups (broad SMARTS) is 1. The quantitative estimate of drug-likeness (QED) is 0.146. The fourth-order valence-corrected chi connectivity index (χ4v) is 2.41. The molecule has 10 N–H and O–H groups in total. The van der Waals surface area contributed by atoms with Gasteiger partial charge in [0.2, 0.25) is 29.5 Å². The highest BCUT2D eigenvalue weighted by molar-refractivity contribution is 5.96. The lowest BCUT2D eigenvalue weighted by Gasteiger charge is -2.24. The third-order valence-corrected chi connectivity index (χ3v) is 4.64. The second-order valence-corrected chi connectivity index (χ2v) is 7.28. The van der Waals surface area contributed by atoms with Crippen molar-refractivity contribution >= 4 is 35.5 Å². The fourth-order valence-electron chi connectivity index (χ4n) is 2.41. The smallest absolute Gasteiger partial charge is 0.326 e. The van der Waals surface area contributed by atoms with Crippen LogP contribution in [0.2, 0.25) is 0 Å². The lowest BCUT2D eigenvalue weighted by Crippen LogP contribution is -2.57. The van der Waals surface area contributed by atoms with Crippen LogP contribution in [0, 0.1) is 5.92 Å². The second-order valence-electron chi connectivity index (χ2n) is 7.28. The summed E-state index contributed by atoms with van der Waals surface area (Å²) in [5.41, 5.74) is 15.9. The molecule has 0 rings (SSSR count). The predicted octanol–water partition coefficient (Wildman–Crippen LogP) is -2.94. The minimum absolute atomic E-state index is 0.128. The highest BCUT2D eigenvalue weighted by Gasteiger charge is 2.30. The van der Waals surface area contributed by atoms with E-state index in [2.05, 4.69) is 16.0 Å². The van der Waals surface area contributed by atoms with E-state index in [-0.39, 0.29) is 18.8 Å². The molecule has 0 spiro atoms. The van der Waals surface area contributed by atoms with Gasteiger partial charge in [0, 0.05) is 6.42 Å². The molecule has 5 unspecified atom stereocenters. The molecule has 13 heteroatoms. The van der Waals surface area contributed by atoms with E-state index in [0.29, 0.717) is 6.42 Å². The number of amides is 5. The largest absolute Gasteiger partial charge is 0.480 e. The zero-order valence-corrected chi connectivity index (χ0v) is 17.8. The molecular formula is C18H32N6O7. The monoisotopic (exact) mass is 444 g/mol. The van der Waals surface area contributed by atoms with Gasteiger partial charge in [0.25, 0.3) is 0 Å². The normalized spacial score (nSPS) is 15.5. The van der Waals surface area contributed by atoms with E-state index in [1.54, 1.807) is 6.92 Å². The Hall–Kier alpha value is -3.22. The molecule has 5 atom stereocenters. The molecule has 0 aromatic carbocycles. The van der Waals surface area contributed by atoms with Crippen molar-refractivity contribution in [2.75, 3.05) is 0 Å². The third-order valence-electron chi connectivity index (χ3n) is 4.64. The number of carbonyl (C=O) groups is 6. The van der Waals surface area contributed by atoms with E-state index in [0.717, 1.165) is 0 Å². The van der Waals surface area contributed by atoms with Crippen LogP contribution in [-0.4, -0.2) is 64.8 Å². The van der Waals surface area contributed by atoms with Gasteiger partial charge in [-0.2, -0.15) is 0 Å². The summed E-state index contributed by atoms with van der Waals surface area (Å²) in [6.45, 7) is 4.98. The molecule has 0 aromatic rings. The number of nitrogens with one attached hydrogen (secondary N) is 3.